The van der Waals surface area contributed by atoms with E-state index in [1.807, 2.05) is 0 Å². The first-order chi connectivity index (χ1) is 13.1. The van der Waals surface area contributed by atoms with Crippen LogP contribution in [0.5, 0.6) is 0 Å². The minimum atomic E-state index is -5.38. The van der Waals surface area contributed by atoms with Crippen LogP contribution in [0.25, 0.3) is 6.08 Å². The number of rotatable bonds is 7. The number of aromatic nitrogens is 2. The maximum Gasteiger partial charge on any atom is 1.00 e. The van der Waals surface area contributed by atoms with Gasteiger partial charge in [-0.3, -0.25) is 14.3 Å². The van der Waals surface area contributed by atoms with E-state index in [0.717, 1.165) is 4.57 Å². The molecule has 0 radical (unpaired) electrons. The molecular weight excluding hydrogens is 513 g/mol. The van der Waals surface area contributed by atoms with Crippen molar-refractivity contribution in [1.29, 1.82) is 0 Å². The average Bonchev–Trinajstić information content (AvgIpc) is 2.96. The van der Waals surface area contributed by atoms with Crippen molar-refractivity contribution in [3.63, 3.8) is 0 Å². The van der Waals surface area contributed by atoms with Crippen LogP contribution in [0.3, 0.4) is 0 Å². The Morgan fingerprint density at radius 2 is 2.07 bits per heavy atom. The van der Waals surface area contributed by atoms with E-state index in [1.165, 1.54) is 17.3 Å². The van der Waals surface area contributed by atoms with Gasteiger partial charge in [0.15, 0.2) is 0 Å². The van der Waals surface area contributed by atoms with Gasteiger partial charge in [-0.1, -0.05) is 15.9 Å². The zero-order valence-corrected chi connectivity index (χ0v) is 22.9. The fourth-order valence-electron chi connectivity index (χ4n) is 2.51. The molecule has 12 nitrogen and oxygen atoms in total. The minimum absolute atomic E-state index is 0. The van der Waals surface area contributed by atoms with Gasteiger partial charge in [-0.2, -0.15) is 0 Å². The van der Waals surface area contributed by atoms with Crippen LogP contribution >= 0.6 is 23.8 Å². The second-order valence-corrected chi connectivity index (χ2v) is 7.13. The third kappa shape index (κ3) is 9.00. The second kappa shape index (κ2) is 13.7. The van der Waals surface area contributed by atoms with Gasteiger partial charge in [0, 0.05) is 12.6 Å². The van der Waals surface area contributed by atoms with Gasteiger partial charge >= 0.3 is 71.0 Å². The van der Waals surface area contributed by atoms with Crippen LogP contribution in [0.2, 0.25) is 0 Å². The number of phosphoric ester groups is 1. The SMILES string of the molecule is CCOC(=O)OC[C@H]1O[C@@H](n2cc(/C=C/Br)c(=O)[nH]c2=O)C[C@@H]1OP(=O)([O-])[O-].[Na+].[Na+]. The molecule has 3 atom stereocenters. The number of phosphoric acid groups is 1. The van der Waals surface area contributed by atoms with Crippen molar-refractivity contribution in [3.05, 3.63) is 37.6 Å². The van der Waals surface area contributed by atoms with Gasteiger partial charge in [-0.15, -0.1) is 0 Å². The molecule has 0 aliphatic carbocycles. The third-order valence-electron chi connectivity index (χ3n) is 3.62. The molecule has 0 bridgehead atoms. The number of ether oxygens (including phenoxy) is 3. The van der Waals surface area contributed by atoms with E-state index in [4.69, 9.17) is 9.47 Å². The summed E-state index contributed by atoms with van der Waals surface area (Å²) in [6, 6.07) is 0. The van der Waals surface area contributed by atoms with Crippen molar-refractivity contribution in [1.82, 2.24) is 9.55 Å². The summed E-state index contributed by atoms with van der Waals surface area (Å²) in [5.74, 6) is 0. The Morgan fingerprint density at radius 1 is 1.40 bits per heavy atom. The summed E-state index contributed by atoms with van der Waals surface area (Å²) in [6.07, 6.45) is -2.24. The molecule has 1 N–H and O–H groups in total. The summed E-state index contributed by atoms with van der Waals surface area (Å²) in [6.45, 7) is 1.13. The molecule has 30 heavy (non-hydrogen) atoms. The Balaban J connectivity index is 0.00000420. The van der Waals surface area contributed by atoms with Gasteiger partial charge in [0.2, 0.25) is 0 Å². The molecule has 0 aromatic carbocycles. The van der Waals surface area contributed by atoms with Crippen LogP contribution in [0.4, 0.5) is 4.79 Å². The predicted molar refractivity (Wildman–Crippen MR) is 93.3 cm³/mol. The van der Waals surface area contributed by atoms with Crippen LogP contribution < -0.4 is 80.2 Å². The Bertz CT molecular complexity index is 901. The molecule has 1 aliphatic rings. The molecule has 16 heteroatoms. The first kappa shape index (κ1) is 30.2. The summed E-state index contributed by atoms with van der Waals surface area (Å²) in [5.41, 5.74) is -1.35. The van der Waals surface area contributed by atoms with Gasteiger partial charge in [0.1, 0.15) is 18.9 Å². The van der Waals surface area contributed by atoms with E-state index in [1.54, 1.807) is 6.92 Å². The van der Waals surface area contributed by atoms with E-state index < -0.39 is 50.3 Å². The molecule has 0 spiro atoms. The Morgan fingerprint density at radius 3 is 2.63 bits per heavy atom. The topological polar surface area (TPSA) is 172 Å². The number of halogens is 1. The summed E-state index contributed by atoms with van der Waals surface area (Å²) in [5, 5.41) is 0. The van der Waals surface area contributed by atoms with Gasteiger partial charge in [0.25, 0.3) is 5.56 Å². The number of hydrogen-bond acceptors (Lipinski definition) is 10. The Kier molecular flexibility index (Phi) is 13.8. The monoisotopic (exact) mass is 528 g/mol. The van der Waals surface area contributed by atoms with Crippen molar-refractivity contribution in [2.75, 3.05) is 13.2 Å². The van der Waals surface area contributed by atoms with Crippen LogP contribution in [-0.2, 0) is 23.3 Å². The Labute approximate surface area is 223 Å². The van der Waals surface area contributed by atoms with Crippen LogP contribution in [0.15, 0.2) is 20.8 Å². The molecule has 156 valence electrons. The van der Waals surface area contributed by atoms with Crippen LogP contribution in [-0.4, -0.2) is 41.1 Å². The zero-order chi connectivity index (χ0) is 20.9. The van der Waals surface area contributed by atoms with Gasteiger partial charge < -0.3 is 33.1 Å². The van der Waals surface area contributed by atoms with Crippen molar-refractivity contribution in [2.24, 2.45) is 0 Å². The summed E-state index contributed by atoms with van der Waals surface area (Å²) < 4.78 is 31.4. The molecule has 1 fully saturated rings. The number of carbonyl (C=O) groups excluding carboxylic acids is 1. The summed E-state index contributed by atoms with van der Waals surface area (Å²) in [7, 11) is -5.38. The van der Waals surface area contributed by atoms with Crippen molar-refractivity contribution in [2.45, 2.75) is 31.8 Å². The standard InChI is InChI=1S/C14H18BrN2O10P.2Na/c1-2-24-14(20)25-7-10-9(27-28(21,22)23)5-11(26-10)17-6-8(3-4-15)12(18)16-13(17)19;;/h3-4,6,9-11H,2,5,7H2,1H3,(H,16,18,19)(H2,21,22,23);;/q;2*+1/p-2/b4-3+;;/t9-,10+,11+;;/m0../s1. The number of nitrogens with one attached hydrogen (secondary N) is 1. The molecule has 0 amide bonds. The van der Waals surface area contributed by atoms with Gasteiger partial charge in [-0.25, -0.2) is 9.59 Å². The second-order valence-electron chi connectivity index (χ2n) is 5.49. The number of nitrogens with zero attached hydrogens (tertiary/aromatic N) is 1. The fraction of sp³-hybridized carbons (Fsp3) is 0.500. The first-order valence-electron chi connectivity index (χ1n) is 7.92. The van der Waals surface area contributed by atoms with Crippen molar-refractivity contribution in [3.8, 4) is 0 Å². The normalized spacial score (nSPS) is 21.0. The van der Waals surface area contributed by atoms with E-state index in [9.17, 15) is 28.7 Å². The summed E-state index contributed by atoms with van der Waals surface area (Å²) >= 11 is 3.01. The van der Waals surface area contributed by atoms with Crippen molar-refractivity contribution < 1.29 is 97.0 Å². The van der Waals surface area contributed by atoms with Gasteiger partial charge in [0.05, 0.1) is 26.1 Å². The maximum atomic E-state index is 12.1. The minimum Gasteiger partial charge on any atom is -0.790 e. The van der Waals surface area contributed by atoms with E-state index in [0.29, 0.717) is 0 Å². The fourth-order valence-corrected chi connectivity index (χ4v) is 3.35. The maximum absolute atomic E-state index is 12.1. The molecule has 1 aliphatic heterocycles. The average molecular weight is 529 g/mol. The number of hydrogen-bond donors (Lipinski definition) is 1. The molecule has 1 aromatic rings. The van der Waals surface area contributed by atoms with E-state index >= 15 is 0 Å². The molecular formula is C14H16BrN2Na2O10P. The molecule has 0 saturated carbocycles. The van der Waals surface area contributed by atoms with Crippen LogP contribution in [0.1, 0.15) is 25.1 Å². The van der Waals surface area contributed by atoms with E-state index in [-0.39, 0.29) is 77.7 Å². The summed E-state index contributed by atoms with van der Waals surface area (Å²) in [4.78, 5) is 60.7. The van der Waals surface area contributed by atoms with Crippen molar-refractivity contribution >= 4 is 36.0 Å². The smallest absolute Gasteiger partial charge is 0.790 e. The molecule has 1 saturated heterocycles. The van der Waals surface area contributed by atoms with Crippen LogP contribution in [0, 0.1) is 0 Å². The third-order valence-corrected chi connectivity index (χ3v) is 4.41. The number of H-pyrrole nitrogens is 1. The quantitative estimate of drug-likeness (QED) is 0.204. The number of aromatic amines is 1. The van der Waals surface area contributed by atoms with E-state index in [2.05, 4.69) is 30.2 Å². The Hall–Kier alpha value is 0.240. The zero-order valence-electron chi connectivity index (χ0n) is 16.4. The molecule has 2 heterocycles. The first-order valence-corrected chi connectivity index (χ1v) is 10.3. The molecule has 2 rings (SSSR count). The predicted octanol–water partition coefficient (Wildman–Crippen LogP) is -6.42. The molecule has 1 aromatic heterocycles. The van der Waals surface area contributed by atoms with Gasteiger partial charge in [-0.05, 0) is 18.0 Å². The molecule has 0 unspecified atom stereocenters. The largest absolute Gasteiger partial charge is 1.00 e. The number of carbonyl (C=O) groups is 1.